The van der Waals surface area contributed by atoms with Gasteiger partial charge in [-0.1, -0.05) is 24.5 Å². The van der Waals surface area contributed by atoms with Crippen LogP contribution in [0.2, 0.25) is 0 Å². The van der Waals surface area contributed by atoms with Gasteiger partial charge in [-0.25, -0.2) is 0 Å². The lowest BCUT2D eigenvalue weighted by atomic mass is 9.90. The fourth-order valence-corrected chi connectivity index (χ4v) is 1.68. The van der Waals surface area contributed by atoms with Crippen molar-refractivity contribution < 1.29 is 14.3 Å². The topological polar surface area (TPSA) is 35.5 Å². The minimum absolute atomic E-state index is 0.102. The van der Waals surface area contributed by atoms with Gasteiger partial charge in [0.05, 0.1) is 25.4 Å². The predicted octanol–water partition coefficient (Wildman–Crippen LogP) is 0.173. The van der Waals surface area contributed by atoms with E-state index >= 15 is 0 Å². The van der Waals surface area contributed by atoms with E-state index in [1.807, 2.05) is 26.0 Å². The van der Waals surface area contributed by atoms with Gasteiger partial charge in [0.25, 0.3) is 0 Å². The predicted molar refractivity (Wildman–Crippen MR) is 64.4 cm³/mol. The maximum atomic E-state index is 10.9. The molecule has 0 saturated carbocycles. The summed E-state index contributed by atoms with van der Waals surface area (Å²) in [4.78, 5) is 10.9. The van der Waals surface area contributed by atoms with Crippen LogP contribution in [0.4, 0.5) is 0 Å². The average molecular weight is 218 g/mol. The van der Waals surface area contributed by atoms with Crippen LogP contribution in [0.15, 0.2) is 18.2 Å². The third-order valence-electron chi connectivity index (χ3n) is 2.77. The van der Waals surface area contributed by atoms with E-state index in [0.717, 1.165) is 25.0 Å². The van der Waals surface area contributed by atoms with Crippen molar-refractivity contribution in [3.8, 4) is 5.75 Å². The molecule has 1 fully saturated rings. The molecule has 0 N–H and O–H groups in total. The lowest BCUT2D eigenvalue weighted by Crippen LogP contribution is -2.44. The van der Waals surface area contributed by atoms with Crippen LogP contribution in [0, 0.1) is 5.41 Å². The molecule has 0 unspecified atom stereocenters. The highest BCUT2D eigenvalue weighted by molar-refractivity contribution is 6.32. The summed E-state index contributed by atoms with van der Waals surface area (Å²) in [5.74, 6) is 0.661. The summed E-state index contributed by atoms with van der Waals surface area (Å²) in [5, 5.41) is 0. The van der Waals surface area contributed by atoms with Crippen LogP contribution in [-0.2, 0) is 4.74 Å². The second kappa shape index (κ2) is 4.30. The Morgan fingerprint density at radius 3 is 2.88 bits per heavy atom. The SMILES string of the molecule is Bc1ccc(OCC2(C)COC2)c(C=O)c1. The van der Waals surface area contributed by atoms with Crippen molar-refractivity contribution in [3.05, 3.63) is 23.8 Å². The van der Waals surface area contributed by atoms with E-state index in [0.29, 0.717) is 17.9 Å². The van der Waals surface area contributed by atoms with Crippen LogP contribution in [0.1, 0.15) is 17.3 Å². The highest BCUT2D eigenvalue weighted by atomic mass is 16.5. The Kier molecular flexibility index (Phi) is 3.01. The van der Waals surface area contributed by atoms with Gasteiger partial charge in [0.15, 0.2) is 6.29 Å². The van der Waals surface area contributed by atoms with Crippen molar-refractivity contribution in [2.45, 2.75) is 6.92 Å². The Labute approximate surface area is 96.2 Å². The van der Waals surface area contributed by atoms with Gasteiger partial charge in [0.2, 0.25) is 0 Å². The summed E-state index contributed by atoms with van der Waals surface area (Å²) in [7, 11) is 1.96. The van der Waals surface area contributed by atoms with Gasteiger partial charge in [-0.3, -0.25) is 4.79 Å². The number of ether oxygens (including phenoxy) is 2. The molecular weight excluding hydrogens is 203 g/mol. The second-order valence-electron chi connectivity index (χ2n) is 4.75. The van der Waals surface area contributed by atoms with Gasteiger partial charge in [-0.2, -0.15) is 0 Å². The van der Waals surface area contributed by atoms with E-state index in [4.69, 9.17) is 9.47 Å². The minimum atomic E-state index is 0.102. The molecule has 0 aliphatic carbocycles. The zero-order valence-electron chi connectivity index (χ0n) is 9.66. The van der Waals surface area contributed by atoms with Crippen molar-refractivity contribution >= 4 is 19.6 Å². The summed E-state index contributed by atoms with van der Waals surface area (Å²) in [5.41, 5.74) is 1.78. The molecule has 16 heavy (non-hydrogen) atoms. The Morgan fingerprint density at radius 1 is 1.56 bits per heavy atom. The van der Waals surface area contributed by atoms with Crippen LogP contribution in [-0.4, -0.2) is 34.0 Å². The Morgan fingerprint density at radius 2 is 2.31 bits per heavy atom. The molecule has 1 saturated heterocycles. The lowest BCUT2D eigenvalue weighted by Gasteiger charge is -2.37. The molecule has 0 amide bonds. The number of carbonyl (C=O) groups is 1. The lowest BCUT2D eigenvalue weighted by molar-refractivity contribution is -0.120. The summed E-state index contributed by atoms with van der Waals surface area (Å²) in [6.45, 7) is 4.17. The van der Waals surface area contributed by atoms with Gasteiger partial charge in [0.1, 0.15) is 13.6 Å². The normalized spacial score (nSPS) is 17.6. The standard InChI is InChI=1S/C12H15BO3/c1-12(6-15-7-12)8-16-11-3-2-10(13)4-9(11)5-14/h2-5H,6-8,13H2,1H3. The molecule has 1 heterocycles. The van der Waals surface area contributed by atoms with Gasteiger partial charge < -0.3 is 9.47 Å². The molecule has 1 aromatic carbocycles. The fraction of sp³-hybridized carbons (Fsp3) is 0.417. The monoisotopic (exact) mass is 218 g/mol. The highest BCUT2D eigenvalue weighted by Crippen LogP contribution is 2.28. The average Bonchev–Trinajstić information content (AvgIpc) is 2.24. The minimum Gasteiger partial charge on any atom is -0.492 e. The third kappa shape index (κ3) is 2.27. The zero-order chi connectivity index (χ0) is 11.6. The van der Waals surface area contributed by atoms with Crippen molar-refractivity contribution in [1.29, 1.82) is 0 Å². The number of carbonyl (C=O) groups excluding carboxylic acids is 1. The Balaban J connectivity index is 2.06. The Hall–Kier alpha value is -1.29. The highest BCUT2D eigenvalue weighted by Gasteiger charge is 2.34. The molecule has 2 rings (SSSR count). The number of hydrogen-bond donors (Lipinski definition) is 0. The second-order valence-corrected chi connectivity index (χ2v) is 4.75. The van der Waals surface area contributed by atoms with E-state index in [1.54, 1.807) is 0 Å². The largest absolute Gasteiger partial charge is 0.492 e. The molecule has 0 atom stereocenters. The number of benzene rings is 1. The van der Waals surface area contributed by atoms with Crippen molar-refractivity contribution in [1.82, 2.24) is 0 Å². The first-order chi connectivity index (χ1) is 7.63. The van der Waals surface area contributed by atoms with Crippen molar-refractivity contribution in [3.63, 3.8) is 0 Å². The molecule has 4 heteroatoms. The molecule has 0 radical (unpaired) electrons. The first-order valence-electron chi connectivity index (χ1n) is 5.39. The van der Waals surface area contributed by atoms with Crippen LogP contribution < -0.4 is 10.2 Å². The molecule has 3 nitrogen and oxygen atoms in total. The Bertz CT molecular complexity index is 399. The van der Waals surface area contributed by atoms with Crippen molar-refractivity contribution in [2.75, 3.05) is 19.8 Å². The molecule has 84 valence electrons. The van der Waals surface area contributed by atoms with Gasteiger partial charge in [-0.05, 0) is 6.07 Å². The molecule has 0 aromatic heterocycles. The van der Waals surface area contributed by atoms with Crippen LogP contribution in [0.3, 0.4) is 0 Å². The number of aldehydes is 1. The first kappa shape index (κ1) is 11.2. The summed E-state index contributed by atoms with van der Waals surface area (Å²) in [6, 6.07) is 5.63. The van der Waals surface area contributed by atoms with Crippen LogP contribution >= 0.6 is 0 Å². The third-order valence-corrected chi connectivity index (χ3v) is 2.77. The zero-order valence-corrected chi connectivity index (χ0v) is 9.66. The molecule has 0 bridgehead atoms. The van der Waals surface area contributed by atoms with E-state index in [2.05, 4.69) is 6.92 Å². The number of rotatable bonds is 4. The maximum absolute atomic E-state index is 10.9. The van der Waals surface area contributed by atoms with E-state index in [-0.39, 0.29) is 5.41 Å². The maximum Gasteiger partial charge on any atom is 0.153 e. The fourth-order valence-electron chi connectivity index (χ4n) is 1.68. The van der Waals surface area contributed by atoms with Crippen molar-refractivity contribution in [2.24, 2.45) is 5.41 Å². The molecule has 0 spiro atoms. The van der Waals surface area contributed by atoms with E-state index < -0.39 is 0 Å². The van der Waals surface area contributed by atoms with Crippen LogP contribution in [0.25, 0.3) is 0 Å². The summed E-state index contributed by atoms with van der Waals surface area (Å²) in [6.07, 6.45) is 0.835. The molecular formula is C12H15BO3. The van der Waals surface area contributed by atoms with Gasteiger partial charge in [0, 0.05) is 5.41 Å². The molecule has 1 aliphatic heterocycles. The van der Waals surface area contributed by atoms with Gasteiger partial charge in [-0.15, -0.1) is 0 Å². The molecule has 1 aliphatic rings. The van der Waals surface area contributed by atoms with E-state index in [9.17, 15) is 4.79 Å². The van der Waals surface area contributed by atoms with Gasteiger partial charge >= 0.3 is 0 Å². The summed E-state index contributed by atoms with van der Waals surface area (Å²) < 4.78 is 10.8. The van der Waals surface area contributed by atoms with Crippen LogP contribution in [0.5, 0.6) is 5.75 Å². The first-order valence-corrected chi connectivity index (χ1v) is 5.39. The smallest absolute Gasteiger partial charge is 0.153 e. The quantitative estimate of drug-likeness (QED) is 0.534. The van der Waals surface area contributed by atoms with E-state index in [1.165, 1.54) is 0 Å². The number of hydrogen-bond acceptors (Lipinski definition) is 3. The summed E-state index contributed by atoms with van der Waals surface area (Å²) >= 11 is 0. The molecule has 1 aromatic rings.